The summed E-state index contributed by atoms with van der Waals surface area (Å²) in [6.45, 7) is 4.62. The van der Waals surface area contributed by atoms with Crippen molar-refractivity contribution in [2.75, 3.05) is 0 Å². The van der Waals surface area contributed by atoms with Crippen LogP contribution in [0.2, 0.25) is 0 Å². The first-order valence-electron chi connectivity index (χ1n) is 8.31. The number of hydrogen-bond donors (Lipinski definition) is 0. The zero-order chi connectivity index (χ0) is 16.9. The lowest BCUT2D eigenvalue weighted by Gasteiger charge is -2.19. The summed E-state index contributed by atoms with van der Waals surface area (Å²) in [6.07, 6.45) is 6.26. The second kappa shape index (κ2) is 7.30. The summed E-state index contributed by atoms with van der Waals surface area (Å²) in [5, 5.41) is 2.35. The van der Waals surface area contributed by atoms with E-state index in [1.54, 1.807) is 12.5 Å². The van der Waals surface area contributed by atoms with Crippen LogP contribution in [0.3, 0.4) is 0 Å². The molecular weight excluding hydrogens is 300 g/mol. The van der Waals surface area contributed by atoms with Crippen LogP contribution in [0, 0.1) is 6.92 Å². The molecular formula is C20H22N2O2. The van der Waals surface area contributed by atoms with E-state index in [2.05, 4.69) is 42.2 Å². The molecule has 124 valence electrons. The molecule has 4 nitrogen and oxygen atoms in total. The SMILES string of the molecule is CCCC(=O)OC(Cn1ccnc1)c1ccc2cc(C)ccc2c1. The van der Waals surface area contributed by atoms with Crippen molar-refractivity contribution in [1.82, 2.24) is 9.55 Å². The second-order valence-electron chi connectivity index (χ2n) is 6.10. The van der Waals surface area contributed by atoms with Gasteiger partial charge >= 0.3 is 5.97 Å². The van der Waals surface area contributed by atoms with Gasteiger partial charge in [0.05, 0.1) is 12.9 Å². The number of imidazole rings is 1. The highest BCUT2D eigenvalue weighted by molar-refractivity contribution is 5.84. The Bertz CT molecular complexity index is 825. The van der Waals surface area contributed by atoms with Crippen LogP contribution in [0.25, 0.3) is 10.8 Å². The zero-order valence-electron chi connectivity index (χ0n) is 14.1. The molecule has 1 atom stereocenters. The Morgan fingerprint density at radius 1 is 1.21 bits per heavy atom. The van der Waals surface area contributed by atoms with Crippen LogP contribution in [0.4, 0.5) is 0 Å². The Hall–Kier alpha value is -2.62. The van der Waals surface area contributed by atoms with Crippen molar-refractivity contribution in [2.45, 2.75) is 39.3 Å². The minimum absolute atomic E-state index is 0.161. The molecule has 0 spiro atoms. The van der Waals surface area contributed by atoms with E-state index in [4.69, 9.17) is 4.74 Å². The molecule has 0 aliphatic rings. The number of hydrogen-bond acceptors (Lipinski definition) is 3. The Morgan fingerprint density at radius 2 is 2.00 bits per heavy atom. The van der Waals surface area contributed by atoms with Crippen molar-refractivity contribution in [3.05, 3.63) is 66.2 Å². The predicted molar refractivity (Wildman–Crippen MR) is 94.7 cm³/mol. The molecule has 3 rings (SSSR count). The van der Waals surface area contributed by atoms with Crippen molar-refractivity contribution in [1.29, 1.82) is 0 Å². The molecule has 1 unspecified atom stereocenters. The molecule has 24 heavy (non-hydrogen) atoms. The van der Waals surface area contributed by atoms with Gasteiger partial charge in [-0.2, -0.15) is 0 Å². The number of benzene rings is 2. The van der Waals surface area contributed by atoms with E-state index in [-0.39, 0.29) is 12.1 Å². The summed E-state index contributed by atoms with van der Waals surface area (Å²) in [5.41, 5.74) is 2.24. The van der Waals surface area contributed by atoms with Crippen molar-refractivity contribution in [2.24, 2.45) is 0 Å². The first-order chi connectivity index (χ1) is 11.7. The van der Waals surface area contributed by atoms with Crippen LogP contribution >= 0.6 is 0 Å². The van der Waals surface area contributed by atoms with E-state index in [1.165, 1.54) is 10.9 Å². The fourth-order valence-electron chi connectivity index (χ4n) is 2.80. The standard InChI is InChI=1S/C20H22N2O2/c1-3-4-20(23)24-19(13-22-10-9-21-14-22)18-8-7-16-11-15(2)5-6-17(16)12-18/h5-12,14,19H,3-4,13H2,1-2H3. The molecule has 0 saturated carbocycles. The average Bonchev–Trinajstić information content (AvgIpc) is 3.07. The summed E-state index contributed by atoms with van der Waals surface area (Å²) in [6, 6.07) is 12.6. The van der Waals surface area contributed by atoms with Gasteiger partial charge in [0, 0.05) is 18.8 Å². The Balaban J connectivity index is 1.91. The van der Waals surface area contributed by atoms with Crippen LogP contribution in [0.1, 0.15) is 37.0 Å². The first kappa shape index (κ1) is 16.2. The largest absolute Gasteiger partial charge is 0.456 e. The van der Waals surface area contributed by atoms with Crippen LogP contribution in [0.15, 0.2) is 55.1 Å². The summed E-state index contributed by atoms with van der Waals surface area (Å²) in [4.78, 5) is 16.1. The minimum atomic E-state index is -0.316. The molecule has 4 heteroatoms. The summed E-state index contributed by atoms with van der Waals surface area (Å²) in [5.74, 6) is -0.161. The zero-order valence-corrected chi connectivity index (χ0v) is 14.1. The van der Waals surface area contributed by atoms with Crippen molar-refractivity contribution in [3.8, 4) is 0 Å². The number of carbonyl (C=O) groups is 1. The molecule has 2 aromatic carbocycles. The monoisotopic (exact) mass is 322 g/mol. The lowest BCUT2D eigenvalue weighted by atomic mass is 10.0. The number of esters is 1. The fraction of sp³-hybridized carbons (Fsp3) is 0.300. The number of nitrogens with zero attached hydrogens (tertiary/aromatic N) is 2. The van der Waals surface area contributed by atoms with Crippen LogP contribution in [-0.4, -0.2) is 15.5 Å². The molecule has 0 amide bonds. The van der Waals surface area contributed by atoms with Gasteiger partial charge in [-0.3, -0.25) is 4.79 Å². The number of carbonyl (C=O) groups excluding carboxylic acids is 1. The average molecular weight is 322 g/mol. The van der Waals surface area contributed by atoms with E-state index >= 15 is 0 Å². The van der Waals surface area contributed by atoms with E-state index in [1.807, 2.05) is 23.8 Å². The maximum atomic E-state index is 12.0. The highest BCUT2D eigenvalue weighted by atomic mass is 16.5. The van der Waals surface area contributed by atoms with Gasteiger partial charge in [-0.05, 0) is 35.7 Å². The lowest BCUT2D eigenvalue weighted by molar-refractivity contribution is -0.150. The molecule has 0 radical (unpaired) electrons. The molecule has 0 aliphatic heterocycles. The van der Waals surface area contributed by atoms with Gasteiger partial charge < -0.3 is 9.30 Å². The maximum Gasteiger partial charge on any atom is 0.306 e. The number of rotatable bonds is 6. The van der Waals surface area contributed by atoms with Gasteiger partial charge in [-0.25, -0.2) is 4.98 Å². The van der Waals surface area contributed by atoms with Crippen LogP contribution < -0.4 is 0 Å². The van der Waals surface area contributed by atoms with Crippen molar-refractivity contribution >= 4 is 16.7 Å². The molecule has 0 fully saturated rings. The molecule has 0 N–H and O–H groups in total. The molecule has 0 aliphatic carbocycles. The Labute approximate surface area is 142 Å². The van der Waals surface area contributed by atoms with Gasteiger partial charge in [0.2, 0.25) is 0 Å². The van der Waals surface area contributed by atoms with E-state index in [0.29, 0.717) is 13.0 Å². The van der Waals surface area contributed by atoms with Crippen LogP contribution in [-0.2, 0) is 16.1 Å². The summed E-state index contributed by atoms with van der Waals surface area (Å²) < 4.78 is 7.67. The summed E-state index contributed by atoms with van der Waals surface area (Å²) >= 11 is 0. The van der Waals surface area contributed by atoms with Gasteiger partial charge in [-0.15, -0.1) is 0 Å². The predicted octanol–water partition coefficient (Wildman–Crippen LogP) is 4.43. The highest BCUT2D eigenvalue weighted by Gasteiger charge is 2.17. The smallest absolute Gasteiger partial charge is 0.306 e. The third-order valence-corrected chi connectivity index (χ3v) is 4.06. The summed E-state index contributed by atoms with van der Waals surface area (Å²) in [7, 11) is 0. The number of aryl methyl sites for hydroxylation is 1. The number of aromatic nitrogens is 2. The normalized spacial score (nSPS) is 12.2. The third kappa shape index (κ3) is 3.82. The van der Waals surface area contributed by atoms with E-state index in [0.717, 1.165) is 17.4 Å². The lowest BCUT2D eigenvalue weighted by Crippen LogP contribution is -2.16. The van der Waals surface area contributed by atoms with Gasteiger partial charge in [0.25, 0.3) is 0 Å². The molecule has 3 aromatic rings. The fourth-order valence-corrected chi connectivity index (χ4v) is 2.80. The van der Waals surface area contributed by atoms with E-state index in [9.17, 15) is 4.79 Å². The van der Waals surface area contributed by atoms with Gasteiger partial charge in [0.15, 0.2) is 0 Å². The minimum Gasteiger partial charge on any atom is -0.456 e. The third-order valence-electron chi connectivity index (χ3n) is 4.06. The topological polar surface area (TPSA) is 44.1 Å². The molecule has 1 heterocycles. The number of ether oxygens (including phenoxy) is 1. The quantitative estimate of drug-likeness (QED) is 0.631. The first-order valence-corrected chi connectivity index (χ1v) is 8.31. The maximum absolute atomic E-state index is 12.0. The second-order valence-corrected chi connectivity index (χ2v) is 6.10. The van der Waals surface area contributed by atoms with Crippen molar-refractivity contribution < 1.29 is 9.53 Å². The Kier molecular flexibility index (Phi) is 4.94. The Morgan fingerprint density at radius 3 is 2.75 bits per heavy atom. The van der Waals surface area contributed by atoms with Crippen LogP contribution in [0.5, 0.6) is 0 Å². The molecule has 0 bridgehead atoms. The van der Waals surface area contributed by atoms with Gasteiger partial charge in [-0.1, -0.05) is 42.8 Å². The molecule has 1 aromatic heterocycles. The van der Waals surface area contributed by atoms with E-state index < -0.39 is 0 Å². The molecule has 0 saturated heterocycles. The van der Waals surface area contributed by atoms with Gasteiger partial charge in [0.1, 0.15) is 6.10 Å². The highest BCUT2D eigenvalue weighted by Crippen LogP contribution is 2.25. The number of fused-ring (bicyclic) bond motifs is 1. The van der Waals surface area contributed by atoms with Crippen molar-refractivity contribution in [3.63, 3.8) is 0 Å².